The van der Waals surface area contributed by atoms with Crippen molar-refractivity contribution < 1.29 is 0 Å². The third kappa shape index (κ3) is 2.49. The topological polar surface area (TPSA) is 37.8 Å². The number of likely N-dealkylation sites (N-methyl/N-ethyl adjacent to an activating group) is 1. The molecule has 1 N–H and O–H groups in total. The lowest BCUT2D eigenvalue weighted by atomic mass is 9.98. The third-order valence-corrected chi connectivity index (χ3v) is 3.79. The quantitative estimate of drug-likeness (QED) is 0.868. The number of aryl methyl sites for hydroxylation is 2. The highest BCUT2D eigenvalue weighted by atomic mass is 14.9. The summed E-state index contributed by atoms with van der Waals surface area (Å²) in [5, 5.41) is 3.22. The van der Waals surface area contributed by atoms with E-state index >= 15 is 0 Å². The Morgan fingerprint density at radius 3 is 2.24 bits per heavy atom. The van der Waals surface area contributed by atoms with E-state index < -0.39 is 0 Å². The summed E-state index contributed by atoms with van der Waals surface area (Å²) in [5.74, 6) is 2.93. The van der Waals surface area contributed by atoms with E-state index in [1.807, 2.05) is 7.05 Å². The van der Waals surface area contributed by atoms with Crippen LogP contribution in [0.5, 0.6) is 0 Å². The van der Waals surface area contributed by atoms with E-state index in [0.29, 0.717) is 11.8 Å². The van der Waals surface area contributed by atoms with Crippen molar-refractivity contribution in [1.29, 1.82) is 0 Å². The van der Waals surface area contributed by atoms with Crippen molar-refractivity contribution in [2.75, 3.05) is 13.6 Å². The smallest absolute Gasteiger partial charge is 0.132 e. The maximum absolute atomic E-state index is 4.71. The Labute approximate surface area is 104 Å². The average Bonchev–Trinajstić information content (AvgIpc) is 2.94. The van der Waals surface area contributed by atoms with Crippen LogP contribution in [0.25, 0.3) is 0 Å². The van der Waals surface area contributed by atoms with E-state index in [-0.39, 0.29) is 0 Å². The molecular weight excluding hydrogens is 210 g/mol. The number of aromatic nitrogens is 2. The first-order valence-corrected chi connectivity index (χ1v) is 6.54. The fraction of sp³-hybridized carbons (Fsp3) is 0.714. The van der Waals surface area contributed by atoms with E-state index in [2.05, 4.69) is 33.0 Å². The molecule has 0 radical (unpaired) electrons. The lowest BCUT2D eigenvalue weighted by Gasteiger charge is -2.17. The van der Waals surface area contributed by atoms with Crippen LogP contribution in [0, 0.1) is 19.8 Å². The third-order valence-electron chi connectivity index (χ3n) is 3.79. The van der Waals surface area contributed by atoms with Gasteiger partial charge in [0.05, 0.1) is 0 Å². The SMILES string of the molecule is CNCC(C)c1c(C)nc(C2CC2C)nc1C. The van der Waals surface area contributed by atoms with Gasteiger partial charge in [0.2, 0.25) is 0 Å². The van der Waals surface area contributed by atoms with Crippen LogP contribution in [0.3, 0.4) is 0 Å². The molecule has 1 aromatic heterocycles. The van der Waals surface area contributed by atoms with Gasteiger partial charge in [0.1, 0.15) is 5.82 Å². The molecule has 0 aromatic carbocycles. The van der Waals surface area contributed by atoms with Crippen molar-refractivity contribution in [2.45, 2.75) is 46.0 Å². The lowest BCUT2D eigenvalue weighted by Crippen LogP contribution is -2.18. The van der Waals surface area contributed by atoms with Gasteiger partial charge in [0, 0.05) is 23.9 Å². The second-order valence-electron chi connectivity index (χ2n) is 5.44. The van der Waals surface area contributed by atoms with E-state index in [9.17, 15) is 0 Å². The summed E-state index contributed by atoms with van der Waals surface area (Å²) in [7, 11) is 1.99. The zero-order valence-corrected chi connectivity index (χ0v) is 11.5. The molecule has 1 heterocycles. The minimum atomic E-state index is 0.477. The number of rotatable bonds is 4. The molecule has 0 amide bonds. The second kappa shape index (κ2) is 4.73. The maximum Gasteiger partial charge on any atom is 0.132 e. The van der Waals surface area contributed by atoms with Gasteiger partial charge in [-0.3, -0.25) is 0 Å². The van der Waals surface area contributed by atoms with Crippen molar-refractivity contribution in [3.05, 3.63) is 22.8 Å². The molecule has 3 heteroatoms. The highest BCUT2D eigenvalue weighted by molar-refractivity contribution is 5.30. The van der Waals surface area contributed by atoms with Gasteiger partial charge in [-0.05, 0) is 44.7 Å². The first kappa shape index (κ1) is 12.5. The molecule has 3 nitrogen and oxygen atoms in total. The molecule has 3 unspecified atom stereocenters. The van der Waals surface area contributed by atoms with Gasteiger partial charge in [-0.2, -0.15) is 0 Å². The molecule has 1 aliphatic carbocycles. The minimum Gasteiger partial charge on any atom is -0.319 e. The number of hydrogen-bond acceptors (Lipinski definition) is 3. The predicted molar refractivity (Wildman–Crippen MR) is 70.4 cm³/mol. The Bertz CT molecular complexity index is 391. The van der Waals surface area contributed by atoms with Crippen LogP contribution < -0.4 is 5.32 Å². The van der Waals surface area contributed by atoms with Crippen LogP contribution >= 0.6 is 0 Å². The maximum atomic E-state index is 4.71. The molecule has 1 saturated carbocycles. The molecule has 17 heavy (non-hydrogen) atoms. The summed E-state index contributed by atoms with van der Waals surface area (Å²) < 4.78 is 0. The van der Waals surface area contributed by atoms with Gasteiger partial charge >= 0.3 is 0 Å². The standard InChI is InChI=1S/C14H23N3/c1-8-6-12(8)14-16-10(3)13(11(4)17-14)9(2)7-15-5/h8-9,12,15H,6-7H2,1-5H3. The Morgan fingerprint density at radius 2 is 1.82 bits per heavy atom. The van der Waals surface area contributed by atoms with Gasteiger partial charge < -0.3 is 5.32 Å². The molecule has 1 aromatic rings. The molecule has 0 aliphatic heterocycles. The summed E-state index contributed by atoms with van der Waals surface area (Å²) in [6.45, 7) is 9.72. The molecule has 0 bridgehead atoms. The molecule has 1 fully saturated rings. The average molecular weight is 233 g/mol. The van der Waals surface area contributed by atoms with Gasteiger partial charge in [-0.25, -0.2) is 9.97 Å². The molecular formula is C14H23N3. The molecule has 1 aliphatic rings. The fourth-order valence-corrected chi connectivity index (χ4v) is 2.72. The first-order valence-electron chi connectivity index (χ1n) is 6.54. The van der Waals surface area contributed by atoms with Crippen molar-refractivity contribution in [3.8, 4) is 0 Å². The zero-order chi connectivity index (χ0) is 12.6. The van der Waals surface area contributed by atoms with E-state index in [4.69, 9.17) is 9.97 Å². The van der Waals surface area contributed by atoms with Crippen LogP contribution in [-0.2, 0) is 0 Å². The highest BCUT2D eigenvalue weighted by Crippen LogP contribution is 2.45. The van der Waals surface area contributed by atoms with Crippen molar-refractivity contribution in [2.24, 2.45) is 5.92 Å². The van der Waals surface area contributed by atoms with E-state index in [1.165, 1.54) is 12.0 Å². The molecule has 3 atom stereocenters. The number of hydrogen-bond donors (Lipinski definition) is 1. The summed E-state index contributed by atoms with van der Waals surface area (Å²) in [6.07, 6.45) is 1.25. The Kier molecular flexibility index (Phi) is 3.48. The largest absolute Gasteiger partial charge is 0.319 e. The summed E-state index contributed by atoms with van der Waals surface area (Å²) in [6, 6.07) is 0. The van der Waals surface area contributed by atoms with Crippen molar-refractivity contribution in [1.82, 2.24) is 15.3 Å². The lowest BCUT2D eigenvalue weighted by molar-refractivity contribution is 0.657. The Morgan fingerprint density at radius 1 is 1.29 bits per heavy atom. The fourth-order valence-electron chi connectivity index (χ4n) is 2.72. The molecule has 94 valence electrons. The second-order valence-corrected chi connectivity index (χ2v) is 5.44. The monoisotopic (exact) mass is 233 g/mol. The predicted octanol–water partition coefficient (Wildman–Crippen LogP) is 2.54. The minimum absolute atomic E-state index is 0.477. The molecule has 2 rings (SSSR count). The first-order chi connectivity index (χ1) is 8.04. The zero-order valence-electron chi connectivity index (χ0n) is 11.5. The summed E-state index contributed by atoms with van der Waals surface area (Å²) in [5.41, 5.74) is 3.64. The number of nitrogens with zero attached hydrogens (tertiary/aromatic N) is 2. The van der Waals surface area contributed by atoms with Gasteiger partial charge in [0.15, 0.2) is 0 Å². The van der Waals surface area contributed by atoms with Crippen molar-refractivity contribution >= 4 is 0 Å². The Hall–Kier alpha value is -0.960. The summed E-state index contributed by atoms with van der Waals surface area (Å²) in [4.78, 5) is 9.42. The molecule has 0 spiro atoms. The number of nitrogens with one attached hydrogen (secondary N) is 1. The van der Waals surface area contributed by atoms with Crippen LogP contribution in [0.15, 0.2) is 0 Å². The highest BCUT2D eigenvalue weighted by Gasteiger charge is 2.37. The van der Waals surface area contributed by atoms with Crippen LogP contribution in [0.2, 0.25) is 0 Å². The van der Waals surface area contributed by atoms with Gasteiger partial charge in [-0.15, -0.1) is 0 Å². The van der Waals surface area contributed by atoms with E-state index in [1.54, 1.807) is 0 Å². The van der Waals surface area contributed by atoms with E-state index in [0.717, 1.165) is 29.7 Å². The van der Waals surface area contributed by atoms with Crippen molar-refractivity contribution in [3.63, 3.8) is 0 Å². The van der Waals surface area contributed by atoms with Gasteiger partial charge in [0.25, 0.3) is 0 Å². The Balaban J connectivity index is 2.29. The summed E-state index contributed by atoms with van der Waals surface area (Å²) >= 11 is 0. The van der Waals surface area contributed by atoms with Crippen LogP contribution in [0.4, 0.5) is 0 Å². The van der Waals surface area contributed by atoms with Crippen LogP contribution in [0.1, 0.15) is 54.9 Å². The molecule has 0 saturated heterocycles. The normalized spacial score (nSPS) is 24.8. The van der Waals surface area contributed by atoms with Crippen LogP contribution in [-0.4, -0.2) is 23.6 Å². The van der Waals surface area contributed by atoms with Gasteiger partial charge in [-0.1, -0.05) is 13.8 Å².